The van der Waals surface area contributed by atoms with Crippen molar-refractivity contribution in [3.8, 4) is 6.07 Å². The Balaban J connectivity index is 2.02. The first kappa shape index (κ1) is 20.7. The molecule has 0 unspecified atom stereocenters. The van der Waals surface area contributed by atoms with Gasteiger partial charge in [0, 0.05) is 51.9 Å². The maximum Gasteiger partial charge on any atom is 0.407 e. The van der Waals surface area contributed by atoms with Gasteiger partial charge in [0.15, 0.2) is 0 Å². The molecule has 8 nitrogen and oxygen atoms in total. The number of rotatable bonds is 5. The number of anilines is 1. The molecule has 8 heteroatoms. The van der Waals surface area contributed by atoms with Crippen molar-refractivity contribution in [1.82, 2.24) is 14.7 Å². The first-order chi connectivity index (χ1) is 13.8. The van der Waals surface area contributed by atoms with Crippen molar-refractivity contribution in [2.45, 2.75) is 12.5 Å². The van der Waals surface area contributed by atoms with E-state index in [1.165, 1.54) is 4.90 Å². The lowest BCUT2D eigenvalue weighted by Gasteiger charge is -2.45. The zero-order valence-electron chi connectivity index (χ0n) is 17.5. The van der Waals surface area contributed by atoms with Gasteiger partial charge in [-0.3, -0.25) is 0 Å². The quantitative estimate of drug-likeness (QED) is 0.607. The molecule has 1 aromatic rings. The van der Waals surface area contributed by atoms with Crippen LogP contribution in [0.5, 0.6) is 0 Å². The lowest BCUT2D eigenvalue weighted by molar-refractivity contribution is 0.150. The Labute approximate surface area is 171 Å². The van der Waals surface area contributed by atoms with Gasteiger partial charge in [0.1, 0.15) is 11.6 Å². The molecule has 2 heterocycles. The number of aliphatic imine (C=N–C) groups is 1. The van der Waals surface area contributed by atoms with E-state index in [-0.39, 0.29) is 0 Å². The topological polar surface area (TPSA) is 86.4 Å². The molecule has 1 saturated heterocycles. The molecule has 0 spiro atoms. The van der Waals surface area contributed by atoms with Crippen LogP contribution < -0.4 is 4.90 Å². The van der Waals surface area contributed by atoms with Crippen LogP contribution in [0.15, 0.2) is 23.2 Å². The summed E-state index contributed by atoms with van der Waals surface area (Å²) in [4.78, 5) is 23.4. The van der Waals surface area contributed by atoms with E-state index in [0.29, 0.717) is 36.8 Å². The lowest BCUT2D eigenvalue weighted by Crippen LogP contribution is -2.58. The molecule has 3 rings (SSSR count). The summed E-state index contributed by atoms with van der Waals surface area (Å²) in [6.45, 7) is 2.53. The number of amides is 1. The molecule has 1 fully saturated rings. The van der Waals surface area contributed by atoms with Crippen LogP contribution in [0.1, 0.15) is 17.5 Å². The summed E-state index contributed by atoms with van der Waals surface area (Å²) in [6, 6.07) is 6.72. The summed E-state index contributed by atoms with van der Waals surface area (Å²) >= 11 is 0. The second-order valence-electron chi connectivity index (χ2n) is 7.91. The van der Waals surface area contributed by atoms with Crippen LogP contribution in [0.2, 0.25) is 0 Å². The number of carbonyl (C=O) groups is 1. The largest absolute Gasteiger partial charge is 0.465 e. The molecule has 154 valence electrons. The lowest BCUT2D eigenvalue weighted by atomic mass is 9.92. The van der Waals surface area contributed by atoms with E-state index in [1.807, 2.05) is 37.2 Å². The van der Waals surface area contributed by atoms with Crippen molar-refractivity contribution >= 4 is 29.4 Å². The van der Waals surface area contributed by atoms with Crippen LogP contribution in [-0.2, 0) is 0 Å². The van der Waals surface area contributed by atoms with E-state index in [2.05, 4.69) is 35.0 Å². The Morgan fingerprint density at radius 2 is 2.03 bits per heavy atom. The summed E-state index contributed by atoms with van der Waals surface area (Å²) in [5.74, 6) is 0. The summed E-state index contributed by atoms with van der Waals surface area (Å²) in [5.41, 5.74) is 4.23. The third-order valence-corrected chi connectivity index (χ3v) is 5.43. The van der Waals surface area contributed by atoms with Crippen molar-refractivity contribution in [3.63, 3.8) is 0 Å². The molecule has 29 heavy (non-hydrogen) atoms. The van der Waals surface area contributed by atoms with Gasteiger partial charge in [0.2, 0.25) is 0 Å². The monoisotopic (exact) mass is 396 g/mol. The number of likely N-dealkylation sites (N-methyl/N-ethyl adjacent to an activating group) is 1. The number of benzene rings is 1. The Kier molecular flexibility index (Phi) is 6.09. The average molecular weight is 396 g/mol. The zero-order valence-corrected chi connectivity index (χ0v) is 17.5. The molecule has 0 aliphatic carbocycles. The summed E-state index contributed by atoms with van der Waals surface area (Å²) in [7, 11) is 7.91. The fourth-order valence-corrected chi connectivity index (χ4v) is 3.62. The molecule has 0 saturated carbocycles. The Morgan fingerprint density at radius 3 is 2.55 bits per heavy atom. The fourth-order valence-electron chi connectivity index (χ4n) is 3.62. The SMILES string of the molecule is CN(C)C=Nc1ccc(C2=CCN(C(=O)O)CC2)c(N2CC(N(C)C)C2)c1C#N. The van der Waals surface area contributed by atoms with Crippen LogP contribution in [0.25, 0.3) is 5.57 Å². The van der Waals surface area contributed by atoms with E-state index >= 15 is 0 Å². The summed E-state index contributed by atoms with van der Waals surface area (Å²) in [6.07, 6.45) is 3.39. The van der Waals surface area contributed by atoms with Gasteiger partial charge in [0.25, 0.3) is 0 Å². The maximum absolute atomic E-state index is 11.2. The Hall–Kier alpha value is -3.05. The Bertz CT molecular complexity index is 878. The van der Waals surface area contributed by atoms with Gasteiger partial charge in [0.05, 0.1) is 17.7 Å². The van der Waals surface area contributed by atoms with Crippen LogP contribution in [0.4, 0.5) is 16.2 Å². The highest BCUT2D eigenvalue weighted by atomic mass is 16.4. The first-order valence-electron chi connectivity index (χ1n) is 9.68. The molecule has 2 aliphatic rings. The van der Waals surface area contributed by atoms with E-state index in [4.69, 9.17) is 0 Å². The summed E-state index contributed by atoms with van der Waals surface area (Å²) in [5, 5.41) is 19.2. The Morgan fingerprint density at radius 1 is 1.31 bits per heavy atom. The third-order valence-electron chi connectivity index (χ3n) is 5.43. The van der Waals surface area contributed by atoms with Crippen molar-refractivity contribution in [3.05, 3.63) is 29.3 Å². The smallest absolute Gasteiger partial charge is 0.407 e. The molecular weight excluding hydrogens is 368 g/mol. The van der Waals surface area contributed by atoms with Crippen molar-refractivity contribution in [2.24, 2.45) is 4.99 Å². The van der Waals surface area contributed by atoms with Gasteiger partial charge in [-0.15, -0.1) is 0 Å². The highest BCUT2D eigenvalue weighted by molar-refractivity contribution is 5.87. The molecule has 1 aromatic carbocycles. The number of hydrogen-bond acceptors (Lipinski definition) is 5. The molecule has 0 atom stereocenters. The van der Waals surface area contributed by atoms with Gasteiger partial charge in [-0.05, 0) is 32.2 Å². The second kappa shape index (κ2) is 8.53. The molecule has 0 radical (unpaired) electrons. The zero-order chi connectivity index (χ0) is 21.1. The molecular formula is C21H28N6O2. The predicted octanol–water partition coefficient (Wildman–Crippen LogP) is 2.30. The first-order valence-corrected chi connectivity index (χ1v) is 9.68. The standard InChI is InChI=1S/C21H28N6O2/c1-24(2)14-23-19-6-5-17(15-7-9-26(10-8-15)21(28)29)20(18(19)11-22)27-12-16(13-27)25(3)4/h5-7,14,16H,8-10,12-13H2,1-4H3,(H,28,29). The van der Waals surface area contributed by atoms with Crippen LogP contribution in [0, 0.1) is 11.3 Å². The number of nitrogens with zero attached hydrogens (tertiary/aromatic N) is 6. The predicted molar refractivity (Wildman–Crippen MR) is 115 cm³/mol. The van der Waals surface area contributed by atoms with E-state index in [9.17, 15) is 15.2 Å². The second-order valence-corrected chi connectivity index (χ2v) is 7.91. The minimum Gasteiger partial charge on any atom is -0.465 e. The van der Waals surface area contributed by atoms with E-state index in [1.54, 1.807) is 6.34 Å². The van der Waals surface area contributed by atoms with Crippen molar-refractivity contribution in [1.29, 1.82) is 5.26 Å². The molecule has 0 aromatic heterocycles. The van der Waals surface area contributed by atoms with Crippen LogP contribution >= 0.6 is 0 Å². The molecule has 0 bridgehead atoms. The van der Waals surface area contributed by atoms with Crippen molar-refractivity contribution in [2.75, 3.05) is 59.3 Å². The van der Waals surface area contributed by atoms with Gasteiger partial charge < -0.3 is 24.7 Å². The highest BCUT2D eigenvalue weighted by Gasteiger charge is 2.33. The van der Waals surface area contributed by atoms with Gasteiger partial charge in [-0.2, -0.15) is 5.26 Å². The number of nitriles is 1. The maximum atomic E-state index is 11.2. The van der Waals surface area contributed by atoms with Crippen LogP contribution in [-0.4, -0.2) is 92.6 Å². The fraction of sp³-hybridized carbons (Fsp3) is 0.476. The normalized spacial score (nSPS) is 17.3. The minimum atomic E-state index is -0.900. The highest BCUT2D eigenvalue weighted by Crippen LogP contribution is 2.40. The molecule has 2 aliphatic heterocycles. The average Bonchev–Trinajstić information content (AvgIpc) is 2.64. The molecule has 1 N–H and O–H groups in total. The van der Waals surface area contributed by atoms with E-state index in [0.717, 1.165) is 29.9 Å². The van der Waals surface area contributed by atoms with Crippen molar-refractivity contribution < 1.29 is 9.90 Å². The van der Waals surface area contributed by atoms with Gasteiger partial charge >= 0.3 is 6.09 Å². The molecule has 1 amide bonds. The van der Waals surface area contributed by atoms with Crippen LogP contribution in [0.3, 0.4) is 0 Å². The van der Waals surface area contributed by atoms with Gasteiger partial charge in [-0.1, -0.05) is 12.1 Å². The van der Waals surface area contributed by atoms with E-state index < -0.39 is 6.09 Å². The van der Waals surface area contributed by atoms with Gasteiger partial charge in [-0.25, -0.2) is 9.79 Å². The number of carboxylic acid groups (broad SMARTS) is 1. The third kappa shape index (κ3) is 4.35. The minimum absolute atomic E-state index is 0.368. The summed E-state index contributed by atoms with van der Waals surface area (Å²) < 4.78 is 0. The number of hydrogen-bond donors (Lipinski definition) is 1.